The summed E-state index contributed by atoms with van der Waals surface area (Å²) in [6.45, 7) is 0. The number of nitriles is 1. The van der Waals surface area contributed by atoms with Gasteiger partial charge < -0.3 is 4.98 Å². The van der Waals surface area contributed by atoms with Crippen LogP contribution in [0.3, 0.4) is 0 Å². The van der Waals surface area contributed by atoms with E-state index in [1.54, 1.807) is 17.4 Å². The number of benzene rings is 1. The zero-order valence-electron chi connectivity index (χ0n) is 13.0. The summed E-state index contributed by atoms with van der Waals surface area (Å²) in [6.07, 6.45) is 4.42. The largest absolute Gasteiger partial charge is 0.301 e. The van der Waals surface area contributed by atoms with Gasteiger partial charge in [0.15, 0.2) is 5.16 Å². The first kappa shape index (κ1) is 15.4. The molecule has 120 valence electrons. The first-order valence-electron chi connectivity index (χ1n) is 7.91. The molecule has 0 unspecified atom stereocenters. The molecule has 6 heteroatoms. The van der Waals surface area contributed by atoms with Crippen LogP contribution in [-0.2, 0) is 18.6 Å². The maximum absolute atomic E-state index is 12.5. The minimum Gasteiger partial charge on any atom is -0.301 e. The van der Waals surface area contributed by atoms with Gasteiger partial charge in [-0.05, 0) is 48.9 Å². The van der Waals surface area contributed by atoms with Crippen LogP contribution < -0.4 is 5.56 Å². The van der Waals surface area contributed by atoms with Gasteiger partial charge in [0.05, 0.1) is 17.0 Å². The molecule has 2 aromatic heterocycles. The average molecular weight is 353 g/mol. The SMILES string of the molecule is N#Cc1cccc(CSc2nc3sc4c(c3c(=O)[nH]2)CCCC4)c1. The van der Waals surface area contributed by atoms with E-state index < -0.39 is 0 Å². The van der Waals surface area contributed by atoms with Crippen molar-refractivity contribution in [2.45, 2.75) is 36.6 Å². The molecule has 24 heavy (non-hydrogen) atoms. The molecule has 4 nitrogen and oxygen atoms in total. The third-order valence-electron chi connectivity index (χ3n) is 4.23. The summed E-state index contributed by atoms with van der Waals surface area (Å²) in [5, 5.41) is 10.4. The van der Waals surface area contributed by atoms with E-state index in [-0.39, 0.29) is 5.56 Å². The van der Waals surface area contributed by atoms with Crippen LogP contribution in [0.1, 0.15) is 34.4 Å². The predicted octanol–water partition coefficient (Wildman–Crippen LogP) is 4.03. The summed E-state index contributed by atoms with van der Waals surface area (Å²) in [5.74, 6) is 0.676. The second-order valence-electron chi connectivity index (χ2n) is 5.86. The number of hydrogen-bond donors (Lipinski definition) is 1. The number of thioether (sulfide) groups is 1. The second-order valence-corrected chi connectivity index (χ2v) is 7.91. The van der Waals surface area contributed by atoms with Gasteiger partial charge in [0, 0.05) is 10.6 Å². The number of H-pyrrole nitrogens is 1. The molecule has 0 bridgehead atoms. The second kappa shape index (κ2) is 6.42. The van der Waals surface area contributed by atoms with E-state index in [9.17, 15) is 4.79 Å². The number of thiophene rings is 1. The van der Waals surface area contributed by atoms with E-state index in [1.807, 2.05) is 18.2 Å². The number of nitrogens with zero attached hydrogens (tertiary/aromatic N) is 2. The van der Waals surface area contributed by atoms with E-state index in [2.05, 4.69) is 16.0 Å². The molecule has 3 aromatic rings. The van der Waals surface area contributed by atoms with Crippen molar-refractivity contribution in [2.24, 2.45) is 0 Å². The van der Waals surface area contributed by atoms with Crippen molar-refractivity contribution in [3.8, 4) is 6.07 Å². The predicted molar refractivity (Wildman–Crippen MR) is 97.6 cm³/mol. The van der Waals surface area contributed by atoms with E-state index in [0.29, 0.717) is 16.5 Å². The highest BCUT2D eigenvalue weighted by atomic mass is 32.2. The minimum atomic E-state index is -0.0207. The van der Waals surface area contributed by atoms with Crippen molar-refractivity contribution in [1.82, 2.24) is 9.97 Å². The van der Waals surface area contributed by atoms with Crippen molar-refractivity contribution in [2.75, 3.05) is 0 Å². The Kier molecular flexibility index (Phi) is 4.13. The van der Waals surface area contributed by atoms with Gasteiger partial charge in [0.25, 0.3) is 5.56 Å². The van der Waals surface area contributed by atoms with Crippen molar-refractivity contribution >= 4 is 33.3 Å². The molecule has 0 saturated heterocycles. The minimum absolute atomic E-state index is 0.0207. The summed E-state index contributed by atoms with van der Waals surface area (Å²) in [7, 11) is 0. The highest BCUT2D eigenvalue weighted by Gasteiger charge is 2.19. The molecule has 2 heterocycles. The quantitative estimate of drug-likeness (QED) is 0.570. The summed E-state index contributed by atoms with van der Waals surface area (Å²) in [5.41, 5.74) is 2.89. The zero-order valence-corrected chi connectivity index (χ0v) is 14.6. The van der Waals surface area contributed by atoms with E-state index >= 15 is 0 Å². The molecule has 0 atom stereocenters. The van der Waals surface area contributed by atoms with Crippen LogP contribution in [0, 0.1) is 11.3 Å². The van der Waals surface area contributed by atoms with Gasteiger partial charge in [0.2, 0.25) is 0 Å². The molecule has 0 fully saturated rings. The number of aryl methyl sites for hydroxylation is 2. The smallest absolute Gasteiger partial charge is 0.260 e. The maximum atomic E-state index is 12.5. The molecule has 1 N–H and O–H groups in total. The Hall–Kier alpha value is -2.10. The molecule has 0 spiro atoms. The topological polar surface area (TPSA) is 69.5 Å². The molecule has 0 saturated carbocycles. The van der Waals surface area contributed by atoms with Crippen LogP contribution in [0.2, 0.25) is 0 Å². The Morgan fingerprint density at radius 1 is 1.33 bits per heavy atom. The zero-order chi connectivity index (χ0) is 16.5. The fourth-order valence-electron chi connectivity index (χ4n) is 3.09. The lowest BCUT2D eigenvalue weighted by atomic mass is 9.97. The lowest BCUT2D eigenvalue weighted by Gasteiger charge is -2.09. The van der Waals surface area contributed by atoms with Crippen molar-refractivity contribution in [3.05, 3.63) is 56.2 Å². The van der Waals surface area contributed by atoms with Crippen molar-refractivity contribution < 1.29 is 0 Å². The van der Waals surface area contributed by atoms with Crippen LogP contribution in [-0.4, -0.2) is 9.97 Å². The molecule has 1 aromatic carbocycles. The van der Waals surface area contributed by atoms with Gasteiger partial charge in [0.1, 0.15) is 4.83 Å². The lowest BCUT2D eigenvalue weighted by molar-refractivity contribution is 0.700. The number of aromatic nitrogens is 2. The Labute approximate surface area is 147 Å². The number of fused-ring (bicyclic) bond motifs is 3. The van der Waals surface area contributed by atoms with Crippen LogP contribution in [0.15, 0.2) is 34.2 Å². The van der Waals surface area contributed by atoms with Gasteiger partial charge in [-0.25, -0.2) is 4.98 Å². The summed E-state index contributed by atoms with van der Waals surface area (Å²) >= 11 is 3.17. The van der Waals surface area contributed by atoms with Gasteiger partial charge in [-0.3, -0.25) is 4.79 Å². The molecule has 0 aliphatic heterocycles. The van der Waals surface area contributed by atoms with E-state index in [1.165, 1.54) is 28.6 Å². The highest BCUT2D eigenvalue weighted by molar-refractivity contribution is 7.98. The average Bonchev–Trinajstić information content (AvgIpc) is 2.99. The summed E-state index contributed by atoms with van der Waals surface area (Å²) in [4.78, 5) is 22.3. The van der Waals surface area contributed by atoms with Gasteiger partial charge in [-0.1, -0.05) is 23.9 Å². The highest BCUT2D eigenvalue weighted by Crippen LogP contribution is 2.34. The van der Waals surface area contributed by atoms with Crippen LogP contribution >= 0.6 is 23.1 Å². The van der Waals surface area contributed by atoms with E-state index in [0.717, 1.165) is 35.0 Å². The standard InChI is InChI=1S/C18H15N3OS2/c19-9-11-4-3-5-12(8-11)10-23-18-20-16(22)15-13-6-1-2-7-14(13)24-17(15)21-18/h3-5,8H,1-2,6-7,10H2,(H,20,21,22). The van der Waals surface area contributed by atoms with Crippen LogP contribution in [0.4, 0.5) is 0 Å². The monoisotopic (exact) mass is 353 g/mol. The maximum Gasteiger partial charge on any atom is 0.260 e. The Morgan fingerprint density at radius 2 is 2.21 bits per heavy atom. The molecule has 0 amide bonds. The first-order chi connectivity index (χ1) is 11.7. The lowest BCUT2D eigenvalue weighted by Crippen LogP contribution is -2.10. The van der Waals surface area contributed by atoms with Crippen LogP contribution in [0.5, 0.6) is 0 Å². The molecule has 1 aliphatic carbocycles. The summed E-state index contributed by atoms with van der Waals surface area (Å²) in [6, 6.07) is 9.66. The van der Waals surface area contributed by atoms with Crippen LogP contribution in [0.25, 0.3) is 10.2 Å². The molecular formula is C18H15N3OS2. The number of hydrogen-bond acceptors (Lipinski definition) is 5. The number of nitrogens with one attached hydrogen (secondary N) is 1. The normalized spacial score (nSPS) is 13.6. The third kappa shape index (κ3) is 2.85. The van der Waals surface area contributed by atoms with Gasteiger partial charge >= 0.3 is 0 Å². The Bertz CT molecular complexity index is 1010. The molecule has 0 radical (unpaired) electrons. The summed E-state index contributed by atoms with van der Waals surface area (Å²) < 4.78 is 0. The Morgan fingerprint density at radius 3 is 3.08 bits per heavy atom. The molecule has 1 aliphatic rings. The fourth-order valence-corrected chi connectivity index (χ4v) is 5.22. The first-order valence-corrected chi connectivity index (χ1v) is 9.71. The Balaban J connectivity index is 1.63. The number of aromatic amines is 1. The molecular weight excluding hydrogens is 338 g/mol. The van der Waals surface area contributed by atoms with Gasteiger partial charge in [-0.2, -0.15) is 5.26 Å². The van der Waals surface area contributed by atoms with Crippen molar-refractivity contribution in [1.29, 1.82) is 5.26 Å². The third-order valence-corrected chi connectivity index (χ3v) is 6.37. The molecule has 4 rings (SSSR count). The fraction of sp³-hybridized carbons (Fsp3) is 0.278. The van der Waals surface area contributed by atoms with Crippen molar-refractivity contribution in [3.63, 3.8) is 0 Å². The van der Waals surface area contributed by atoms with Gasteiger partial charge in [-0.15, -0.1) is 11.3 Å². The number of rotatable bonds is 3. The van der Waals surface area contributed by atoms with E-state index in [4.69, 9.17) is 5.26 Å².